The van der Waals surface area contributed by atoms with E-state index in [0.717, 1.165) is 23.3 Å². The molecule has 1 N–H and O–H groups in total. The average Bonchev–Trinajstić information content (AvgIpc) is 3.59. The summed E-state index contributed by atoms with van der Waals surface area (Å²) in [6.45, 7) is 2.98. The molecule has 4 heterocycles. The largest absolute Gasteiger partial charge is 0.508 e. The molecular formula is C25H25N3O4S2. The molecule has 4 aromatic rings. The fourth-order valence-corrected chi connectivity index (χ4v) is 6.10. The number of rotatable bonds is 7. The van der Waals surface area contributed by atoms with E-state index in [-0.39, 0.29) is 36.4 Å². The summed E-state index contributed by atoms with van der Waals surface area (Å²) < 4.78 is 7.23. The monoisotopic (exact) mass is 495 g/mol. The SMILES string of the molecule is Cc1nc2scc(-c3cccs3)c2c(=O)n1CC(=O)N(Cc1ccccc1O)CC1CCCO1. The minimum atomic E-state index is -0.210. The molecule has 34 heavy (non-hydrogen) atoms. The highest BCUT2D eigenvalue weighted by molar-refractivity contribution is 7.18. The van der Waals surface area contributed by atoms with E-state index in [1.165, 1.54) is 15.9 Å². The number of aryl methyl sites for hydroxylation is 1. The molecule has 1 unspecified atom stereocenters. The molecule has 0 radical (unpaired) electrons. The number of phenols is 1. The molecule has 0 aliphatic carbocycles. The molecule has 9 heteroatoms. The molecule has 0 spiro atoms. The van der Waals surface area contributed by atoms with E-state index in [9.17, 15) is 14.7 Å². The van der Waals surface area contributed by atoms with Crippen molar-refractivity contribution in [1.29, 1.82) is 0 Å². The topological polar surface area (TPSA) is 84.7 Å². The quantitative estimate of drug-likeness (QED) is 0.411. The van der Waals surface area contributed by atoms with E-state index in [1.54, 1.807) is 41.4 Å². The van der Waals surface area contributed by atoms with Crippen LogP contribution >= 0.6 is 22.7 Å². The van der Waals surface area contributed by atoms with Crippen LogP contribution in [0.1, 0.15) is 24.2 Å². The molecule has 0 bridgehead atoms. The summed E-state index contributed by atoms with van der Waals surface area (Å²) in [5.41, 5.74) is 1.31. The third kappa shape index (κ3) is 4.51. The molecule has 1 fully saturated rings. The van der Waals surface area contributed by atoms with Crippen molar-refractivity contribution in [2.45, 2.75) is 39.0 Å². The molecule has 1 aromatic carbocycles. The van der Waals surface area contributed by atoms with Crippen molar-refractivity contribution in [1.82, 2.24) is 14.5 Å². The number of phenolic OH excluding ortho intramolecular Hbond substituents is 1. The normalized spacial score (nSPS) is 15.7. The van der Waals surface area contributed by atoms with Gasteiger partial charge in [-0.2, -0.15) is 0 Å². The first-order valence-electron chi connectivity index (χ1n) is 11.2. The van der Waals surface area contributed by atoms with Gasteiger partial charge in [-0.05, 0) is 37.3 Å². The highest BCUT2D eigenvalue weighted by Gasteiger charge is 2.25. The van der Waals surface area contributed by atoms with Crippen molar-refractivity contribution in [2.75, 3.05) is 13.2 Å². The number of thiophene rings is 2. The van der Waals surface area contributed by atoms with E-state index >= 15 is 0 Å². The van der Waals surface area contributed by atoms with E-state index in [2.05, 4.69) is 4.98 Å². The molecule has 1 amide bonds. The maximum Gasteiger partial charge on any atom is 0.263 e. The van der Waals surface area contributed by atoms with Gasteiger partial charge < -0.3 is 14.7 Å². The Morgan fingerprint density at radius 1 is 1.26 bits per heavy atom. The van der Waals surface area contributed by atoms with Crippen LogP contribution in [0.15, 0.2) is 52.0 Å². The van der Waals surface area contributed by atoms with Crippen LogP contribution in [0.4, 0.5) is 0 Å². The van der Waals surface area contributed by atoms with Gasteiger partial charge in [0.15, 0.2) is 0 Å². The Morgan fingerprint density at radius 2 is 2.12 bits per heavy atom. The maximum absolute atomic E-state index is 13.5. The van der Waals surface area contributed by atoms with E-state index < -0.39 is 0 Å². The van der Waals surface area contributed by atoms with E-state index in [4.69, 9.17) is 4.74 Å². The van der Waals surface area contributed by atoms with Crippen LogP contribution in [0, 0.1) is 6.92 Å². The summed E-state index contributed by atoms with van der Waals surface area (Å²) in [7, 11) is 0. The first-order valence-corrected chi connectivity index (χ1v) is 13.0. The van der Waals surface area contributed by atoms with Crippen molar-refractivity contribution >= 4 is 38.8 Å². The zero-order chi connectivity index (χ0) is 23.7. The number of amides is 1. The van der Waals surface area contributed by atoms with E-state index in [1.807, 2.05) is 29.0 Å². The second-order valence-corrected chi connectivity index (χ2v) is 10.2. The van der Waals surface area contributed by atoms with Crippen LogP contribution in [0.2, 0.25) is 0 Å². The van der Waals surface area contributed by atoms with Gasteiger partial charge in [-0.15, -0.1) is 22.7 Å². The molecule has 0 saturated carbocycles. The van der Waals surface area contributed by atoms with Gasteiger partial charge in [-0.1, -0.05) is 24.3 Å². The second-order valence-electron chi connectivity index (χ2n) is 8.40. The first kappa shape index (κ1) is 22.8. The maximum atomic E-state index is 13.5. The van der Waals surface area contributed by atoms with Gasteiger partial charge in [0.25, 0.3) is 5.56 Å². The molecule has 5 rings (SSSR count). The van der Waals surface area contributed by atoms with Gasteiger partial charge in [-0.3, -0.25) is 14.2 Å². The number of aromatic hydroxyl groups is 1. The standard InChI is InChI=1S/C25H25N3O4S2/c1-16-26-24-23(19(15-34-24)21-9-5-11-33-21)25(31)28(16)14-22(30)27(13-18-7-4-10-32-18)12-17-6-2-3-8-20(17)29/h2-3,5-6,8-9,11,15,18,29H,4,7,10,12-14H2,1H3. The number of hydrogen-bond donors (Lipinski definition) is 1. The lowest BCUT2D eigenvalue weighted by molar-refractivity contribution is -0.134. The second kappa shape index (κ2) is 9.69. The molecule has 1 aliphatic heterocycles. The van der Waals surface area contributed by atoms with Gasteiger partial charge in [0, 0.05) is 41.1 Å². The third-order valence-electron chi connectivity index (χ3n) is 6.12. The molecule has 176 valence electrons. The third-order valence-corrected chi connectivity index (χ3v) is 7.89. The molecular weight excluding hydrogens is 470 g/mol. The predicted octanol–water partition coefficient (Wildman–Crippen LogP) is 4.41. The van der Waals surface area contributed by atoms with E-state index in [0.29, 0.717) is 34.8 Å². The summed E-state index contributed by atoms with van der Waals surface area (Å²) in [6.07, 6.45) is 1.80. The Bertz CT molecular complexity index is 1370. The summed E-state index contributed by atoms with van der Waals surface area (Å²) in [6, 6.07) is 10.9. The Kier molecular flexibility index (Phi) is 6.49. The molecule has 1 aliphatic rings. The minimum absolute atomic E-state index is 0.0458. The molecule has 1 atom stereocenters. The summed E-state index contributed by atoms with van der Waals surface area (Å²) >= 11 is 3.01. The number of para-hydroxylation sites is 1. The van der Waals surface area contributed by atoms with Gasteiger partial charge >= 0.3 is 0 Å². The highest BCUT2D eigenvalue weighted by Crippen LogP contribution is 2.33. The van der Waals surface area contributed by atoms with Crippen molar-refractivity contribution in [3.63, 3.8) is 0 Å². The fourth-order valence-electron chi connectivity index (χ4n) is 4.30. The first-order chi connectivity index (χ1) is 16.5. The van der Waals surface area contributed by atoms with Gasteiger partial charge in [0.05, 0.1) is 11.5 Å². The van der Waals surface area contributed by atoms with Crippen LogP contribution < -0.4 is 5.56 Å². The van der Waals surface area contributed by atoms with Crippen LogP contribution in [0.5, 0.6) is 5.75 Å². The molecule has 3 aromatic heterocycles. The van der Waals surface area contributed by atoms with Crippen molar-refractivity contribution < 1.29 is 14.6 Å². The lowest BCUT2D eigenvalue weighted by Crippen LogP contribution is -2.41. The average molecular weight is 496 g/mol. The van der Waals surface area contributed by atoms with Crippen LogP contribution in [0.25, 0.3) is 20.7 Å². The number of nitrogens with zero attached hydrogens (tertiary/aromatic N) is 3. The number of carbonyl (C=O) groups excluding carboxylic acids is 1. The van der Waals surface area contributed by atoms with Crippen molar-refractivity contribution in [3.05, 3.63) is 68.9 Å². The summed E-state index contributed by atoms with van der Waals surface area (Å²) in [4.78, 5) is 35.0. The Labute approximate surface area is 204 Å². The Morgan fingerprint density at radius 3 is 2.85 bits per heavy atom. The number of carbonyl (C=O) groups is 1. The number of fused-ring (bicyclic) bond motifs is 1. The van der Waals surface area contributed by atoms with Gasteiger partial charge in [0.2, 0.25) is 5.91 Å². The van der Waals surface area contributed by atoms with Gasteiger partial charge in [0.1, 0.15) is 22.9 Å². The van der Waals surface area contributed by atoms with Crippen LogP contribution in [-0.4, -0.2) is 44.7 Å². The van der Waals surface area contributed by atoms with Gasteiger partial charge in [-0.25, -0.2) is 4.98 Å². The zero-order valence-electron chi connectivity index (χ0n) is 18.8. The highest BCUT2D eigenvalue weighted by atomic mass is 32.1. The van der Waals surface area contributed by atoms with Crippen molar-refractivity contribution in [2.24, 2.45) is 0 Å². The summed E-state index contributed by atoms with van der Waals surface area (Å²) in [5.74, 6) is 0.436. The van der Waals surface area contributed by atoms with Crippen molar-refractivity contribution in [3.8, 4) is 16.2 Å². The predicted molar refractivity (Wildman–Crippen MR) is 134 cm³/mol. The summed E-state index contributed by atoms with van der Waals surface area (Å²) in [5, 5.41) is 14.7. The lowest BCUT2D eigenvalue weighted by atomic mass is 10.1. The Balaban J connectivity index is 1.47. The number of ether oxygens (including phenoxy) is 1. The fraction of sp³-hybridized carbons (Fsp3) is 0.320. The zero-order valence-corrected chi connectivity index (χ0v) is 20.4. The molecule has 7 nitrogen and oxygen atoms in total. The number of aromatic nitrogens is 2. The number of benzene rings is 1. The van der Waals surface area contributed by atoms with Crippen LogP contribution in [0.3, 0.4) is 0 Å². The minimum Gasteiger partial charge on any atom is -0.508 e. The Hall–Kier alpha value is -3.01. The number of hydrogen-bond acceptors (Lipinski definition) is 7. The van der Waals surface area contributed by atoms with Crippen LogP contribution in [-0.2, 0) is 22.6 Å². The molecule has 1 saturated heterocycles. The lowest BCUT2D eigenvalue weighted by Gasteiger charge is -2.26. The smallest absolute Gasteiger partial charge is 0.263 e.